The molecule has 1 heterocycles. The number of hydrogen-bond acceptors (Lipinski definition) is 4. The molecular weight excluding hydrogens is 352 g/mol. The van der Waals surface area contributed by atoms with E-state index in [-0.39, 0.29) is 12.5 Å². The zero-order valence-electron chi connectivity index (χ0n) is 14.5. The van der Waals surface area contributed by atoms with Crippen molar-refractivity contribution in [1.29, 1.82) is 0 Å². The second kappa shape index (κ2) is 8.64. The Bertz CT molecular complexity index is 741. The van der Waals surface area contributed by atoms with E-state index in [1.54, 1.807) is 18.2 Å². The molecule has 0 aliphatic carbocycles. The Morgan fingerprint density at radius 3 is 2.54 bits per heavy atom. The normalized spacial score (nSPS) is 18.7. The van der Waals surface area contributed by atoms with Crippen LogP contribution in [-0.4, -0.2) is 51.9 Å². The van der Waals surface area contributed by atoms with Crippen molar-refractivity contribution < 1.29 is 15.1 Å². The highest BCUT2D eigenvalue weighted by Crippen LogP contribution is 2.24. The maximum atomic E-state index is 12.7. The Morgan fingerprint density at radius 2 is 1.88 bits per heavy atom. The van der Waals surface area contributed by atoms with Gasteiger partial charge in [-0.15, -0.1) is 0 Å². The number of aliphatic hydroxyl groups excluding tert-OH is 1. The average molecular weight is 375 g/mol. The predicted molar refractivity (Wildman–Crippen MR) is 100 cm³/mol. The molecule has 0 aromatic heterocycles. The molecule has 2 N–H and O–H groups in total. The molecule has 138 valence electrons. The standard InChI is InChI=1S/C20H23ClN2O3/c21-18-9-5-4-8-16(18)12-20(25)23(26)19(15-6-2-1-3-7-15)14-22-11-10-17(24)13-22/h1-9,17,19,24,26H,10-14H2/t17-,19+/m0/s1. The largest absolute Gasteiger partial charge is 0.392 e. The molecule has 0 bridgehead atoms. The number of hydroxylamine groups is 2. The molecular formula is C20H23ClN2O3. The molecule has 0 spiro atoms. The first-order valence-corrected chi connectivity index (χ1v) is 9.12. The van der Waals surface area contributed by atoms with Gasteiger partial charge in [0, 0.05) is 24.7 Å². The minimum atomic E-state index is -0.503. The van der Waals surface area contributed by atoms with Gasteiger partial charge in [-0.3, -0.25) is 14.9 Å². The quantitative estimate of drug-likeness (QED) is 0.602. The average Bonchev–Trinajstić information content (AvgIpc) is 3.06. The van der Waals surface area contributed by atoms with Gasteiger partial charge in [0.25, 0.3) is 5.91 Å². The third-order valence-corrected chi connectivity index (χ3v) is 5.08. The lowest BCUT2D eigenvalue weighted by Gasteiger charge is -2.30. The summed E-state index contributed by atoms with van der Waals surface area (Å²) in [5, 5.41) is 21.7. The van der Waals surface area contributed by atoms with E-state index in [1.807, 2.05) is 36.4 Å². The maximum absolute atomic E-state index is 12.7. The lowest BCUT2D eigenvalue weighted by molar-refractivity contribution is -0.177. The second-order valence-corrected chi connectivity index (χ2v) is 7.04. The minimum absolute atomic E-state index is 0.0299. The van der Waals surface area contributed by atoms with E-state index in [2.05, 4.69) is 4.90 Å². The minimum Gasteiger partial charge on any atom is -0.392 e. The van der Waals surface area contributed by atoms with Crippen LogP contribution in [0.25, 0.3) is 0 Å². The van der Waals surface area contributed by atoms with Crippen molar-refractivity contribution in [2.45, 2.75) is 25.0 Å². The van der Waals surface area contributed by atoms with E-state index < -0.39 is 11.9 Å². The van der Waals surface area contributed by atoms with Crippen molar-refractivity contribution >= 4 is 17.5 Å². The van der Waals surface area contributed by atoms with E-state index in [9.17, 15) is 15.1 Å². The molecule has 0 saturated carbocycles. The van der Waals surface area contributed by atoms with E-state index >= 15 is 0 Å². The number of nitrogens with zero attached hydrogens (tertiary/aromatic N) is 2. The summed E-state index contributed by atoms with van der Waals surface area (Å²) in [7, 11) is 0. The fourth-order valence-electron chi connectivity index (χ4n) is 3.28. The summed E-state index contributed by atoms with van der Waals surface area (Å²) in [6.45, 7) is 1.76. The Balaban J connectivity index is 1.76. The number of amides is 1. The molecule has 1 aliphatic heterocycles. The number of hydrogen-bond donors (Lipinski definition) is 2. The molecule has 1 amide bonds. The van der Waals surface area contributed by atoms with Crippen LogP contribution < -0.4 is 0 Å². The number of carbonyl (C=O) groups is 1. The predicted octanol–water partition coefficient (Wildman–Crippen LogP) is 2.91. The van der Waals surface area contributed by atoms with Crippen LogP contribution in [0.3, 0.4) is 0 Å². The Labute approximate surface area is 158 Å². The first-order valence-electron chi connectivity index (χ1n) is 8.74. The van der Waals surface area contributed by atoms with Crippen LogP contribution in [0.1, 0.15) is 23.6 Å². The smallest absolute Gasteiger partial charge is 0.251 e. The van der Waals surface area contributed by atoms with Gasteiger partial charge < -0.3 is 5.11 Å². The molecule has 0 radical (unpaired) electrons. The third-order valence-electron chi connectivity index (χ3n) is 4.71. The maximum Gasteiger partial charge on any atom is 0.251 e. The van der Waals surface area contributed by atoms with Crippen molar-refractivity contribution in [2.75, 3.05) is 19.6 Å². The first kappa shape index (κ1) is 18.9. The number of aliphatic hydroxyl groups is 1. The summed E-state index contributed by atoms with van der Waals surface area (Å²) < 4.78 is 0. The van der Waals surface area contributed by atoms with Crippen molar-refractivity contribution in [3.63, 3.8) is 0 Å². The van der Waals surface area contributed by atoms with Crippen LogP contribution in [0.15, 0.2) is 54.6 Å². The van der Waals surface area contributed by atoms with Crippen LogP contribution in [0, 0.1) is 0 Å². The molecule has 3 rings (SSSR count). The summed E-state index contributed by atoms with van der Waals surface area (Å²) in [4.78, 5) is 14.7. The van der Waals surface area contributed by atoms with E-state index in [0.29, 0.717) is 30.1 Å². The van der Waals surface area contributed by atoms with Crippen LogP contribution in [-0.2, 0) is 11.2 Å². The summed E-state index contributed by atoms with van der Waals surface area (Å²) in [6, 6.07) is 16.1. The van der Waals surface area contributed by atoms with Gasteiger partial charge in [0.2, 0.25) is 0 Å². The van der Waals surface area contributed by atoms with Gasteiger partial charge in [-0.25, -0.2) is 5.06 Å². The van der Waals surface area contributed by atoms with Gasteiger partial charge >= 0.3 is 0 Å². The first-order chi connectivity index (χ1) is 12.5. The number of likely N-dealkylation sites (tertiary alicyclic amines) is 1. The molecule has 1 fully saturated rings. The van der Waals surface area contributed by atoms with Gasteiger partial charge in [-0.05, 0) is 23.6 Å². The highest BCUT2D eigenvalue weighted by molar-refractivity contribution is 6.31. The van der Waals surface area contributed by atoms with Crippen LogP contribution in [0.2, 0.25) is 5.02 Å². The molecule has 1 saturated heterocycles. The summed E-state index contributed by atoms with van der Waals surface area (Å²) in [6.07, 6.45) is 0.389. The van der Waals surface area contributed by atoms with E-state index in [0.717, 1.165) is 17.2 Å². The van der Waals surface area contributed by atoms with Gasteiger partial charge in [0.1, 0.15) is 0 Å². The Kier molecular flexibility index (Phi) is 6.27. The van der Waals surface area contributed by atoms with Crippen molar-refractivity contribution in [3.05, 3.63) is 70.7 Å². The lowest BCUT2D eigenvalue weighted by Crippen LogP contribution is -2.40. The number of rotatable bonds is 6. The highest BCUT2D eigenvalue weighted by Gasteiger charge is 2.29. The van der Waals surface area contributed by atoms with Crippen molar-refractivity contribution in [2.24, 2.45) is 0 Å². The molecule has 1 aliphatic rings. The molecule has 26 heavy (non-hydrogen) atoms. The molecule has 2 aromatic carbocycles. The molecule has 6 heteroatoms. The lowest BCUT2D eigenvalue weighted by atomic mass is 10.0. The molecule has 5 nitrogen and oxygen atoms in total. The molecule has 2 aromatic rings. The summed E-state index contributed by atoms with van der Waals surface area (Å²) >= 11 is 6.13. The monoisotopic (exact) mass is 374 g/mol. The third kappa shape index (κ3) is 4.62. The Hall–Kier alpha value is -1.92. The number of benzene rings is 2. The van der Waals surface area contributed by atoms with Crippen molar-refractivity contribution in [3.8, 4) is 0 Å². The van der Waals surface area contributed by atoms with Gasteiger partial charge in [0.05, 0.1) is 18.6 Å². The van der Waals surface area contributed by atoms with Gasteiger partial charge in [-0.1, -0.05) is 60.1 Å². The molecule has 0 unspecified atom stereocenters. The summed E-state index contributed by atoms with van der Waals surface area (Å²) in [5.41, 5.74) is 1.53. The fraction of sp³-hybridized carbons (Fsp3) is 0.350. The van der Waals surface area contributed by atoms with E-state index in [4.69, 9.17) is 11.6 Å². The van der Waals surface area contributed by atoms with E-state index in [1.165, 1.54) is 0 Å². The number of halogens is 1. The number of carbonyl (C=O) groups excluding carboxylic acids is 1. The van der Waals surface area contributed by atoms with Gasteiger partial charge in [-0.2, -0.15) is 0 Å². The van der Waals surface area contributed by atoms with Crippen LogP contribution in [0.5, 0.6) is 0 Å². The SMILES string of the molecule is O=C(Cc1ccccc1Cl)N(O)[C@H](CN1CC[C@H](O)C1)c1ccccc1. The fourth-order valence-corrected chi connectivity index (χ4v) is 3.48. The highest BCUT2D eigenvalue weighted by atomic mass is 35.5. The number of β-amino-alcohol motifs (C(OH)–C–C–N with tert-alkyl or cyclic N) is 1. The summed E-state index contributed by atoms with van der Waals surface area (Å²) in [5.74, 6) is -0.410. The zero-order chi connectivity index (χ0) is 18.5. The van der Waals surface area contributed by atoms with Gasteiger partial charge in [0.15, 0.2) is 0 Å². The Morgan fingerprint density at radius 1 is 1.19 bits per heavy atom. The second-order valence-electron chi connectivity index (χ2n) is 6.64. The van der Waals surface area contributed by atoms with Crippen LogP contribution >= 0.6 is 11.6 Å². The molecule has 2 atom stereocenters. The zero-order valence-corrected chi connectivity index (χ0v) is 15.2. The van der Waals surface area contributed by atoms with Crippen molar-refractivity contribution in [1.82, 2.24) is 9.96 Å². The topological polar surface area (TPSA) is 64.0 Å². The van der Waals surface area contributed by atoms with Crippen LogP contribution in [0.4, 0.5) is 0 Å².